The minimum atomic E-state index is -4.52. The topological polar surface area (TPSA) is 71.8 Å². The van der Waals surface area contributed by atoms with E-state index in [1.807, 2.05) is 6.92 Å². The normalized spacial score (nSPS) is 11.4. The number of amides is 1. The van der Waals surface area contributed by atoms with Crippen molar-refractivity contribution in [3.63, 3.8) is 0 Å². The summed E-state index contributed by atoms with van der Waals surface area (Å²) < 4.78 is 53.6. The maximum Gasteiger partial charge on any atom is 0.419 e. The van der Waals surface area contributed by atoms with Crippen LogP contribution >= 0.6 is 0 Å². The molecule has 3 rings (SSSR count). The smallest absolute Gasteiger partial charge is 0.368 e. The van der Waals surface area contributed by atoms with E-state index < -0.39 is 17.6 Å². The number of rotatable bonds is 7. The molecule has 0 aliphatic carbocycles. The van der Waals surface area contributed by atoms with Gasteiger partial charge < -0.3 is 10.6 Å². The van der Waals surface area contributed by atoms with Crippen LogP contribution in [0.2, 0.25) is 0 Å². The number of carbonyl (C=O) groups excluding carboxylic acids is 1. The minimum Gasteiger partial charge on any atom is -0.368 e. The first-order valence-electron chi connectivity index (χ1n) is 9.18. The molecule has 0 unspecified atom stereocenters. The number of benzene rings is 1. The average molecular weight is 421 g/mol. The van der Waals surface area contributed by atoms with Crippen LogP contribution in [0, 0.1) is 5.82 Å². The summed E-state index contributed by atoms with van der Waals surface area (Å²) in [6.45, 7) is 1.99. The number of hydrogen-bond acceptors (Lipinski definition) is 4. The Balaban J connectivity index is 1.63. The second-order valence-corrected chi connectivity index (χ2v) is 6.33. The van der Waals surface area contributed by atoms with Gasteiger partial charge in [0.25, 0.3) is 5.91 Å². The first-order chi connectivity index (χ1) is 14.3. The van der Waals surface area contributed by atoms with Crippen LogP contribution < -0.4 is 10.6 Å². The molecule has 6 nitrogen and oxygen atoms in total. The summed E-state index contributed by atoms with van der Waals surface area (Å²) in [6.07, 6.45) is -1.36. The lowest BCUT2D eigenvalue weighted by Gasteiger charge is -2.13. The molecule has 0 saturated carbocycles. The number of hydrogen-bond donors (Lipinski definition) is 2. The summed E-state index contributed by atoms with van der Waals surface area (Å²) in [5.74, 6) is -1.08. The molecule has 0 saturated heterocycles. The predicted octanol–water partition coefficient (Wildman–Crippen LogP) is 3.83. The van der Waals surface area contributed by atoms with Crippen LogP contribution in [0.15, 0.2) is 48.8 Å². The highest BCUT2D eigenvalue weighted by atomic mass is 19.4. The van der Waals surface area contributed by atoms with E-state index in [2.05, 4.69) is 20.7 Å². The van der Waals surface area contributed by atoms with Crippen molar-refractivity contribution in [3.05, 3.63) is 71.4 Å². The van der Waals surface area contributed by atoms with Crippen LogP contribution in [0.4, 0.5) is 23.4 Å². The maximum absolute atomic E-state index is 13.1. The van der Waals surface area contributed by atoms with E-state index in [4.69, 9.17) is 0 Å². The standard InChI is InChI=1S/C20H19F4N5O/c1-2-17-15(12-28-29(17)14-7-5-13(21)6-8-14)19(30)27-11-10-26-18-16(20(22,23)24)4-3-9-25-18/h3-9,12H,2,10-11H2,1H3,(H,25,26)(H,27,30). The highest BCUT2D eigenvalue weighted by Crippen LogP contribution is 2.33. The molecule has 2 heterocycles. The number of carbonyl (C=O) groups is 1. The third-order valence-electron chi connectivity index (χ3n) is 4.34. The summed E-state index contributed by atoms with van der Waals surface area (Å²) in [7, 11) is 0. The molecule has 0 radical (unpaired) electrons. The second kappa shape index (κ2) is 8.93. The fourth-order valence-corrected chi connectivity index (χ4v) is 2.94. The summed E-state index contributed by atoms with van der Waals surface area (Å²) in [5, 5.41) is 9.45. The minimum absolute atomic E-state index is 0.0550. The third-order valence-corrected chi connectivity index (χ3v) is 4.34. The van der Waals surface area contributed by atoms with Crippen LogP contribution in [-0.4, -0.2) is 33.8 Å². The number of nitrogens with one attached hydrogen (secondary N) is 2. The highest BCUT2D eigenvalue weighted by Gasteiger charge is 2.33. The number of aromatic nitrogens is 3. The van der Waals surface area contributed by atoms with Gasteiger partial charge in [0, 0.05) is 19.3 Å². The van der Waals surface area contributed by atoms with Crippen LogP contribution in [-0.2, 0) is 12.6 Å². The quantitative estimate of drug-likeness (QED) is 0.449. The van der Waals surface area contributed by atoms with E-state index in [1.54, 1.807) is 16.8 Å². The molecule has 30 heavy (non-hydrogen) atoms. The van der Waals surface area contributed by atoms with E-state index in [1.165, 1.54) is 30.6 Å². The highest BCUT2D eigenvalue weighted by molar-refractivity contribution is 5.95. The Morgan fingerprint density at radius 2 is 1.87 bits per heavy atom. The van der Waals surface area contributed by atoms with Crippen LogP contribution in [0.3, 0.4) is 0 Å². The van der Waals surface area contributed by atoms with Gasteiger partial charge in [-0.05, 0) is 42.8 Å². The van der Waals surface area contributed by atoms with Gasteiger partial charge in [0.05, 0.1) is 28.7 Å². The number of halogens is 4. The molecule has 10 heteroatoms. The van der Waals surface area contributed by atoms with Gasteiger partial charge in [0.15, 0.2) is 0 Å². The van der Waals surface area contributed by atoms with Gasteiger partial charge in [0.1, 0.15) is 11.6 Å². The Morgan fingerprint density at radius 1 is 1.13 bits per heavy atom. The molecule has 1 amide bonds. The average Bonchev–Trinajstić information content (AvgIpc) is 3.15. The first-order valence-corrected chi connectivity index (χ1v) is 9.18. The van der Waals surface area contributed by atoms with E-state index >= 15 is 0 Å². The predicted molar refractivity (Wildman–Crippen MR) is 103 cm³/mol. The SMILES string of the molecule is CCc1c(C(=O)NCCNc2ncccc2C(F)(F)F)cnn1-c1ccc(F)cc1. The first kappa shape index (κ1) is 21.3. The van der Waals surface area contributed by atoms with E-state index in [-0.39, 0.29) is 24.7 Å². The van der Waals surface area contributed by atoms with Crippen LogP contribution in [0.25, 0.3) is 5.69 Å². The van der Waals surface area contributed by atoms with Gasteiger partial charge in [0.2, 0.25) is 0 Å². The monoisotopic (exact) mass is 421 g/mol. The molecule has 2 N–H and O–H groups in total. The number of alkyl halides is 3. The Kier molecular flexibility index (Phi) is 6.34. The van der Waals surface area contributed by atoms with Crippen molar-refractivity contribution in [1.82, 2.24) is 20.1 Å². The summed E-state index contributed by atoms with van der Waals surface area (Å²) >= 11 is 0. The molecule has 3 aromatic rings. The van der Waals surface area contributed by atoms with Gasteiger partial charge in [-0.1, -0.05) is 6.92 Å². The molecule has 1 aromatic carbocycles. The summed E-state index contributed by atoms with van der Waals surface area (Å²) in [5.41, 5.74) is 0.723. The molecule has 0 bridgehead atoms. The van der Waals surface area contributed by atoms with Crippen molar-refractivity contribution in [2.75, 3.05) is 18.4 Å². The third kappa shape index (κ3) is 4.76. The lowest BCUT2D eigenvalue weighted by Crippen LogP contribution is -2.29. The van der Waals surface area contributed by atoms with Crippen molar-refractivity contribution >= 4 is 11.7 Å². The molecule has 2 aromatic heterocycles. The largest absolute Gasteiger partial charge is 0.419 e. The lowest BCUT2D eigenvalue weighted by atomic mass is 10.2. The van der Waals surface area contributed by atoms with Gasteiger partial charge in [-0.3, -0.25) is 4.79 Å². The number of pyridine rings is 1. The van der Waals surface area contributed by atoms with Crippen LogP contribution in [0.1, 0.15) is 28.5 Å². The Morgan fingerprint density at radius 3 is 2.53 bits per heavy atom. The fourth-order valence-electron chi connectivity index (χ4n) is 2.94. The van der Waals surface area contributed by atoms with E-state index in [0.717, 1.165) is 6.07 Å². The van der Waals surface area contributed by atoms with Gasteiger partial charge in [-0.15, -0.1) is 0 Å². The summed E-state index contributed by atoms with van der Waals surface area (Å²) in [4.78, 5) is 16.2. The fraction of sp³-hybridized carbons (Fsp3) is 0.250. The summed E-state index contributed by atoms with van der Waals surface area (Å²) in [6, 6.07) is 7.85. The Labute approximate surface area is 169 Å². The molecule has 0 atom stereocenters. The van der Waals surface area contributed by atoms with Gasteiger partial charge >= 0.3 is 6.18 Å². The molecule has 0 aliphatic heterocycles. The zero-order valence-electron chi connectivity index (χ0n) is 16.0. The van der Waals surface area contributed by atoms with Gasteiger partial charge in [-0.25, -0.2) is 14.1 Å². The maximum atomic E-state index is 13.1. The Hall–Kier alpha value is -3.43. The molecule has 0 spiro atoms. The Bertz CT molecular complexity index is 1010. The molecule has 158 valence electrons. The van der Waals surface area contributed by atoms with Crippen molar-refractivity contribution in [1.29, 1.82) is 0 Å². The molecule has 0 fully saturated rings. The lowest BCUT2D eigenvalue weighted by molar-refractivity contribution is -0.137. The van der Waals surface area contributed by atoms with Crippen LogP contribution in [0.5, 0.6) is 0 Å². The van der Waals surface area contributed by atoms with Crippen molar-refractivity contribution in [2.24, 2.45) is 0 Å². The second-order valence-electron chi connectivity index (χ2n) is 6.33. The zero-order chi connectivity index (χ0) is 21.7. The number of nitrogens with zero attached hydrogens (tertiary/aromatic N) is 3. The van der Waals surface area contributed by atoms with Crippen molar-refractivity contribution in [3.8, 4) is 5.69 Å². The van der Waals surface area contributed by atoms with E-state index in [0.29, 0.717) is 23.4 Å². The van der Waals surface area contributed by atoms with E-state index in [9.17, 15) is 22.4 Å². The molecular weight excluding hydrogens is 402 g/mol. The molecular formula is C20H19F4N5O. The zero-order valence-corrected chi connectivity index (χ0v) is 16.0. The van der Waals surface area contributed by atoms with Crippen molar-refractivity contribution in [2.45, 2.75) is 19.5 Å². The molecule has 0 aliphatic rings. The van der Waals surface area contributed by atoms with Gasteiger partial charge in [-0.2, -0.15) is 18.3 Å². The number of anilines is 1. The van der Waals surface area contributed by atoms with Crippen molar-refractivity contribution < 1.29 is 22.4 Å².